The number of piperidine rings is 1. The van der Waals surface area contributed by atoms with E-state index in [1.807, 2.05) is 4.90 Å². The lowest BCUT2D eigenvalue weighted by molar-refractivity contribution is 0.0669. The summed E-state index contributed by atoms with van der Waals surface area (Å²) in [5.74, 6) is -0.526. The van der Waals surface area contributed by atoms with E-state index >= 15 is 0 Å². The maximum absolute atomic E-state index is 13.5. The van der Waals surface area contributed by atoms with Crippen LogP contribution >= 0.6 is 0 Å². The molecule has 1 aromatic heterocycles. The van der Waals surface area contributed by atoms with Crippen molar-refractivity contribution >= 4 is 5.91 Å². The molecule has 2 aromatic rings. The van der Waals surface area contributed by atoms with Gasteiger partial charge in [0.1, 0.15) is 5.76 Å². The number of aromatic nitrogens is 1. The van der Waals surface area contributed by atoms with E-state index in [0.717, 1.165) is 69.6 Å². The molecular weight excluding hydrogens is 376 g/mol. The molecule has 2 aliphatic heterocycles. The summed E-state index contributed by atoms with van der Waals surface area (Å²) >= 11 is 0. The molecule has 7 heteroatoms. The van der Waals surface area contributed by atoms with Gasteiger partial charge >= 0.3 is 0 Å². The summed E-state index contributed by atoms with van der Waals surface area (Å²) < 4.78 is 32.2. The number of hydrogen-bond acceptors (Lipinski definition) is 4. The normalized spacial score (nSPS) is 25.1. The highest BCUT2D eigenvalue weighted by Gasteiger charge is 2.44. The SMILES string of the molecule is O=C(c1ncoc1C1CC1)N1CC[C@@]2(CCCN(Cc3ccc(F)c(F)c3)C2)C1. The van der Waals surface area contributed by atoms with Crippen molar-refractivity contribution in [3.05, 3.63) is 53.2 Å². The minimum atomic E-state index is -0.813. The Morgan fingerprint density at radius 2 is 2.03 bits per heavy atom. The van der Waals surface area contributed by atoms with Crippen LogP contribution in [0, 0.1) is 17.0 Å². The molecule has 3 aliphatic rings. The van der Waals surface area contributed by atoms with Crippen LogP contribution in [0.4, 0.5) is 8.78 Å². The Morgan fingerprint density at radius 3 is 2.83 bits per heavy atom. The number of nitrogens with zero attached hydrogens (tertiary/aromatic N) is 3. The molecule has 29 heavy (non-hydrogen) atoms. The van der Waals surface area contributed by atoms with Crippen molar-refractivity contribution in [2.75, 3.05) is 26.2 Å². The molecule has 1 aliphatic carbocycles. The van der Waals surface area contributed by atoms with Gasteiger partial charge in [-0.2, -0.15) is 0 Å². The van der Waals surface area contributed by atoms with Crippen molar-refractivity contribution in [2.24, 2.45) is 5.41 Å². The predicted octanol–water partition coefficient (Wildman–Crippen LogP) is 3.96. The zero-order valence-electron chi connectivity index (χ0n) is 16.4. The summed E-state index contributed by atoms with van der Waals surface area (Å²) in [5, 5.41) is 0. The molecule has 0 bridgehead atoms. The number of oxazole rings is 1. The van der Waals surface area contributed by atoms with Gasteiger partial charge in [-0.3, -0.25) is 9.69 Å². The first kappa shape index (κ1) is 18.7. The maximum Gasteiger partial charge on any atom is 0.276 e. The van der Waals surface area contributed by atoms with Crippen molar-refractivity contribution in [2.45, 2.75) is 44.6 Å². The largest absolute Gasteiger partial charge is 0.447 e. The Bertz CT molecular complexity index is 927. The summed E-state index contributed by atoms with van der Waals surface area (Å²) in [6.07, 6.45) is 6.61. The van der Waals surface area contributed by atoms with Gasteiger partial charge < -0.3 is 9.32 Å². The minimum Gasteiger partial charge on any atom is -0.447 e. The quantitative estimate of drug-likeness (QED) is 0.778. The van der Waals surface area contributed by atoms with Crippen LogP contribution in [-0.2, 0) is 6.54 Å². The van der Waals surface area contributed by atoms with Crippen LogP contribution in [0.25, 0.3) is 0 Å². The molecule has 3 heterocycles. The van der Waals surface area contributed by atoms with Crippen molar-refractivity contribution in [3.8, 4) is 0 Å². The molecule has 0 radical (unpaired) electrons. The summed E-state index contributed by atoms with van der Waals surface area (Å²) in [6, 6.07) is 4.12. The predicted molar refractivity (Wildman–Crippen MR) is 102 cm³/mol. The Morgan fingerprint density at radius 1 is 1.17 bits per heavy atom. The fourth-order valence-electron chi connectivity index (χ4n) is 4.98. The van der Waals surface area contributed by atoms with Crippen LogP contribution < -0.4 is 0 Å². The molecule has 1 spiro atoms. The van der Waals surface area contributed by atoms with Crippen LogP contribution in [-0.4, -0.2) is 46.9 Å². The van der Waals surface area contributed by atoms with E-state index < -0.39 is 11.6 Å². The fraction of sp³-hybridized carbons (Fsp3) is 0.545. The summed E-state index contributed by atoms with van der Waals surface area (Å²) in [7, 11) is 0. The average Bonchev–Trinajstić information content (AvgIpc) is 3.30. The molecule has 1 atom stereocenters. The summed E-state index contributed by atoms with van der Waals surface area (Å²) in [5.41, 5.74) is 1.33. The molecule has 1 amide bonds. The first-order valence-electron chi connectivity index (χ1n) is 10.4. The number of hydrogen-bond donors (Lipinski definition) is 0. The highest BCUT2D eigenvalue weighted by atomic mass is 19.2. The number of carbonyl (C=O) groups is 1. The molecule has 0 unspecified atom stereocenters. The van der Waals surface area contributed by atoms with Gasteiger partial charge in [-0.25, -0.2) is 13.8 Å². The maximum atomic E-state index is 13.5. The van der Waals surface area contributed by atoms with Gasteiger partial charge in [0.25, 0.3) is 5.91 Å². The van der Waals surface area contributed by atoms with Gasteiger partial charge in [-0.15, -0.1) is 0 Å². The zero-order chi connectivity index (χ0) is 20.0. The van der Waals surface area contributed by atoms with Gasteiger partial charge in [0.05, 0.1) is 0 Å². The van der Waals surface area contributed by atoms with Gasteiger partial charge in [-0.05, 0) is 56.3 Å². The van der Waals surface area contributed by atoms with Crippen LogP contribution in [0.5, 0.6) is 0 Å². The second-order valence-electron chi connectivity index (χ2n) is 8.88. The third-order valence-corrected chi connectivity index (χ3v) is 6.60. The van der Waals surface area contributed by atoms with Crippen LogP contribution in [0.1, 0.15) is 59.8 Å². The van der Waals surface area contributed by atoms with E-state index in [2.05, 4.69) is 9.88 Å². The molecule has 2 saturated heterocycles. The second kappa shape index (κ2) is 7.20. The third-order valence-electron chi connectivity index (χ3n) is 6.60. The molecule has 5 rings (SSSR count). The van der Waals surface area contributed by atoms with Crippen LogP contribution in [0.3, 0.4) is 0 Å². The first-order valence-corrected chi connectivity index (χ1v) is 10.4. The van der Waals surface area contributed by atoms with E-state index in [9.17, 15) is 13.6 Å². The average molecular weight is 401 g/mol. The van der Waals surface area contributed by atoms with E-state index in [1.54, 1.807) is 6.07 Å². The molecule has 0 N–H and O–H groups in total. The molecular formula is C22H25F2N3O2. The van der Waals surface area contributed by atoms with E-state index in [4.69, 9.17) is 4.42 Å². The summed E-state index contributed by atoms with van der Waals surface area (Å²) in [6.45, 7) is 3.85. The highest BCUT2D eigenvalue weighted by molar-refractivity contribution is 5.93. The Kier molecular flexibility index (Phi) is 4.65. The zero-order valence-corrected chi connectivity index (χ0v) is 16.4. The number of rotatable bonds is 4. The smallest absolute Gasteiger partial charge is 0.276 e. The van der Waals surface area contributed by atoms with Crippen molar-refractivity contribution in [3.63, 3.8) is 0 Å². The molecule has 5 nitrogen and oxygen atoms in total. The Hall–Kier alpha value is -2.28. The molecule has 1 aromatic carbocycles. The third kappa shape index (κ3) is 3.68. The number of likely N-dealkylation sites (tertiary alicyclic amines) is 2. The lowest BCUT2D eigenvalue weighted by atomic mass is 9.79. The van der Waals surface area contributed by atoms with Crippen molar-refractivity contribution in [1.82, 2.24) is 14.8 Å². The van der Waals surface area contributed by atoms with Gasteiger partial charge in [-0.1, -0.05) is 6.07 Å². The van der Waals surface area contributed by atoms with Crippen molar-refractivity contribution < 1.29 is 18.0 Å². The highest BCUT2D eigenvalue weighted by Crippen LogP contribution is 2.43. The number of benzene rings is 1. The number of amides is 1. The standard InChI is InChI=1S/C22H25F2N3O2/c23-17-5-2-15(10-18(17)24)11-26-8-1-6-22(12-26)7-9-27(13-22)21(28)19-20(16-3-4-16)29-14-25-19/h2,5,10,14,16H,1,3-4,6-9,11-13H2/t22-/m1/s1. The van der Waals surface area contributed by atoms with Crippen molar-refractivity contribution in [1.29, 1.82) is 0 Å². The molecule has 1 saturated carbocycles. The second-order valence-corrected chi connectivity index (χ2v) is 8.88. The van der Waals surface area contributed by atoms with E-state index in [1.165, 1.54) is 18.5 Å². The van der Waals surface area contributed by atoms with Gasteiger partial charge in [0.15, 0.2) is 23.7 Å². The molecule has 154 valence electrons. The fourth-order valence-corrected chi connectivity index (χ4v) is 4.98. The number of carbonyl (C=O) groups excluding carboxylic acids is 1. The minimum absolute atomic E-state index is 0.0183. The van der Waals surface area contributed by atoms with Crippen LogP contribution in [0.15, 0.2) is 29.0 Å². The molecule has 3 fully saturated rings. The lowest BCUT2D eigenvalue weighted by Gasteiger charge is -2.40. The lowest BCUT2D eigenvalue weighted by Crippen LogP contribution is -2.45. The van der Waals surface area contributed by atoms with E-state index in [0.29, 0.717) is 18.2 Å². The topological polar surface area (TPSA) is 49.6 Å². The van der Waals surface area contributed by atoms with E-state index in [-0.39, 0.29) is 11.3 Å². The Balaban J connectivity index is 1.25. The summed E-state index contributed by atoms with van der Waals surface area (Å²) in [4.78, 5) is 21.5. The Labute approximate surface area is 168 Å². The van der Waals surface area contributed by atoms with Gasteiger partial charge in [0, 0.05) is 37.5 Å². The number of halogens is 2. The first-order chi connectivity index (χ1) is 14.0. The van der Waals surface area contributed by atoms with Crippen LogP contribution in [0.2, 0.25) is 0 Å². The monoisotopic (exact) mass is 401 g/mol. The van der Waals surface area contributed by atoms with Gasteiger partial charge in [0.2, 0.25) is 0 Å².